The van der Waals surface area contributed by atoms with Crippen molar-refractivity contribution in [3.05, 3.63) is 18.6 Å². The number of carbonyl (C=O) groups excluding carboxylic acids is 1. The fraction of sp³-hybridized carbons (Fsp3) is 0.556. The third-order valence-corrected chi connectivity index (χ3v) is 2.54. The molecule has 1 fully saturated rings. The Hall–Kier alpha value is -0.790. The van der Waals surface area contributed by atoms with Gasteiger partial charge in [-0.05, 0) is 24.7 Å². The summed E-state index contributed by atoms with van der Waals surface area (Å²) in [6.45, 7) is 0. The molecule has 0 aliphatic heterocycles. The van der Waals surface area contributed by atoms with Gasteiger partial charge in [-0.3, -0.25) is 4.79 Å². The normalized spacial score (nSPS) is 39.5. The Morgan fingerprint density at radius 2 is 2.36 bits per heavy atom. The van der Waals surface area contributed by atoms with Crippen LogP contribution >= 0.6 is 0 Å². The van der Waals surface area contributed by atoms with Gasteiger partial charge in [0.25, 0.3) is 0 Å². The lowest BCUT2D eigenvalue weighted by atomic mass is 9.94. The van der Waals surface area contributed by atoms with Gasteiger partial charge in [-0.25, -0.2) is 0 Å². The molecule has 0 aromatic rings. The van der Waals surface area contributed by atoms with Crippen LogP contribution in [0.1, 0.15) is 6.42 Å². The third-order valence-electron chi connectivity index (χ3n) is 2.54. The van der Waals surface area contributed by atoms with Gasteiger partial charge in [-0.1, -0.05) is 12.2 Å². The van der Waals surface area contributed by atoms with Crippen LogP contribution in [0, 0.1) is 24.2 Å². The van der Waals surface area contributed by atoms with E-state index in [4.69, 9.17) is 0 Å². The van der Waals surface area contributed by atoms with Gasteiger partial charge in [0.05, 0.1) is 13.0 Å². The van der Waals surface area contributed by atoms with Crippen LogP contribution in [0.15, 0.2) is 12.2 Å². The summed E-state index contributed by atoms with van der Waals surface area (Å²) in [5.41, 5.74) is 0. The van der Waals surface area contributed by atoms with Gasteiger partial charge in [-0.15, -0.1) is 0 Å². The monoisotopic (exact) mass is 151 g/mol. The molecule has 2 heteroatoms. The summed E-state index contributed by atoms with van der Waals surface area (Å²) in [6.07, 6.45) is 7.51. The molecule has 2 aliphatic rings. The molecule has 0 unspecified atom stereocenters. The Labute approximate surface area is 66.2 Å². The lowest BCUT2D eigenvalue weighted by Gasteiger charge is -2.13. The first-order valence-electron chi connectivity index (χ1n) is 3.92. The SMILES string of the molecule is COC(=O)[C@H]1[CH][C@@H]2C=C[C@H]1C2. The minimum Gasteiger partial charge on any atom is -0.469 e. The van der Waals surface area contributed by atoms with Crippen molar-refractivity contribution < 1.29 is 9.53 Å². The van der Waals surface area contributed by atoms with Crippen LogP contribution in [0.2, 0.25) is 0 Å². The van der Waals surface area contributed by atoms with E-state index >= 15 is 0 Å². The molecule has 2 rings (SSSR count). The molecule has 2 bridgehead atoms. The number of ether oxygens (including phenoxy) is 1. The summed E-state index contributed by atoms with van der Waals surface area (Å²) in [5, 5.41) is 0. The highest BCUT2D eigenvalue weighted by molar-refractivity contribution is 5.75. The van der Waals surface area contributed by atoms with Crippen molar-refractivity contribution in [1.29, 1.82) is 0 Å². The standard InChI is InChI=1S/C9H11O2/c1-11-9(10)8-5-6-2-3-7(8)4-6/h2-3,5-8H,4H2,1H3/t6-,7+,8+/m1/s1. The van der Waals surface area contributed by atoms with Crippen molar-refractivity contribution >= 4 is 5.97 Å². The maximum Gasteiger partial charge on any atom is 0.309 e. The molecule has 0 heterocycles. The molecule has 0 saturated heterocycles. The molecule has 0 N–H and O–H groups in total. The molecule has 1 radical (unpaired) electrons. The van der Waals surface area contributed by atoms with E-state index in [1.807, 2.05) is 0 Å². The first kappa shape index (κ1) is 6.89. The van der Waals surface area contributed by atoms with E-state index < -0.39 is 0 Å². The molecular formula is C9H11O2. The van der Waals surface area contributed by atoms with Crippen LogP contribution in [-0.4, -0.2) is 13.1 Å². The van der Waals surface area contributed by atoms with Crippen molar-refractivity contribution in [3.63, 3.8) is 0 Å². The molecule has 3 atom stereocenters. The molecule has 0 spiro atoms. The zero-order valence-electron chi connectivity index (χ0n) is 6.49. The summed E-state index contributed by atoms with van der Waals surface area (Å²) in [6, 6.07) is 0. The van der Waals surface area contributed by atoms with Gasteiger partial charge in [0.15, 0.2) is 0 Å². The van der Waals surface area contributed by atoms with Crippen molar-refractivity contribution in [1.82, 2.24) is 0 Å². The molecule has 1 saturated carbocycles. The number of carbonyl (C=O) groups is 1. The van der Waals surface area contributed by atoms with E-state index in [0.29, 0.717) is 11.8 Å². The van der Waals surface area contributed by atoms with Crippen molar-refractivity contribution in [2.75, 3.05) is 7.11 Å². The molecule has 11 heavy (non-hydrogen) atoms. The minimum atomic E-state index is -0.0816. The fourth-order valence-corrected chi connectivity index (χ4v) is 1.96. The third kappa shape index (κ3) is 0.971. The number of esters is 1. The second kappa shape index (κ2) is 2.36. The lowest BCUT2D eigenvalue weighted by Crippen LogP contribution is -2.20. The average Bonchev–Trinajstić information content (AvgIpc) is 2.62. The second-order valence-electron chi connectivity index (χ2n) is 3.19. The largest absolute Gasteiger partial charge is 0.469 e. The molecule has 0 aromatic heterocycles. The highest BCUT2D eigenvalue weighted by Gasteiger charge is 2.40. The fourth-order valence-electron chi connectivity index (χ4n) is 1.96. The molecule has 2 nitrogen and oxygen atoms in total. The number of fused-ring (bicyclic) bond motifs is 2. The Kier molecular flexibility index (Phi) is 1.48. The van der Waals surface area contributed by atoms with Crippen LogP contribution in [0.4, 0.5) is 0 Å². The Balaban J connectivity index is 2.08. The number of allylic oxidation sites excluding steroid dienone is 2. The summed E-state index contributed by atoms with van der Waals surface area (Å²) < 4.78 is 4.68. The summed E-state index contributed by atoms with van der Waals surface area (Å²) in [7, 11) is 1.45. The van der Waals surface area contributed by atoms with Crippen LogP contribution < -0.4 is 0 Å². The molecule has 59 valence electrons. The second-order valence-corrected chi connectivity index (χ2v) is 3.19. The van der Waals surface area contributed by atoms with E-state index in [-0.39, 0.29) is 11.9 Å². The molecule has 0 amide bonds. The van der Waals surface area contributed by atoms with Crippen molar-refractivity contribution in [2.45, 2.75) is 6.42 Å². The zero-order valence-corrected chi connectivity index (χ0v) is 6.49. The highest BCUT2D eigenvalue weighted by Crippen LogP contribution is 2.42. The number of methoxy groups -OCH3 is 1. The highest BCUT2D eigenvalue weighted by atomic mass is 16.5. The molecular weight excluding hydrogens is 140 g/mol. The van der Waals surface area contributed by atoms with Gasteiger partial charge < -0.3 is 4.74 Å². The summed E-state index contributed by atoms with van der Waals surface area (Å²) >= 11 is 0. The topological polar surface area (TPSA) is 26.3 Å². The van der Waals surface area contributed by atoms with Crippen molar-refractivity contribution in [2.24, 2.45) is 17.8 Å². The smallest absolute Gasteiger partial charge is 0.309 e. The first-order valence-corrected chi connectivity index (χ1v) is 3.92. The average molecular weight is 151 g/mol. The van der Waals surface area contributed by atoms with E-state index in [0.717, 1.165) is 6.42 Å². The van der Waals surface area contributed by atoms with E-state index in [1.54, 1.807) is 0 Å². The van der Waals surface area contributed by atoms with Crippen LogP contribution in [0.5, 0.6) is 0 Å². The predicted octanol–water partition coefficient (Wildman–Crippen LogP) is 1.19. The van der Waals surface area contributed by atoms with Crippen LogP contribution in [0.25, 0.3) is 0 Å². The van der Waals surface area contributed by atoms with E-state index in [9.17, 15) is 4.79 Å². The predicted molar refractivity (Wildman–Crippen MR) is 40.5 cm³/mol. The Morgan fingerprint density at radius 3 is 2.82 bits per heavy atom. The molecule has 0 aromatic carbocycles. The molecule has 2 aliphatic carbocycles. The number of hydrogen-bond donors (Lipinski definition) is 0. The van der Waals surface area contributed by atoms with Crippen LogP contribution in [-0.2, 0) is 9.53 Å². The summed E-state index contributed by atoms with van der Waals surface area (Å²) in [4.78, 5) is 11.1. The van der Waals surface area contributed by atoms with Crippen LogP contribution in [0.3, 0.4) is 0 Å². The first-order chi connectivity index (χ1) is 5.31. The quantitative estimate of drug-likeness (QED) is 0.415. The Bertz CT molecular complexity index is 208. The maximum atomic E-state index is 11.1. The van der Waals surface area contributed by atoms with Gasteiger partial charge in [-0.2, -0.15) is 0 Å². The number of rotatable bonds is 1. The van der Waals surface area contributed by atoms with Gasteiger partial charge in [0.1, 0.15) is 0 Å². The van der Waals surface area contributed by atoms with E-state index in [2.05, 4.69) is 23.3 Å². The Morgan fingerprint density at radius 1 is 1.55 bits per heavy atom. The lowest BCUT2D eigenvalue weighted by molar-refractivity contribution is -0.144. The van der Waals surface area contributed by atoms with Gasteiger partial charge >= 0.3 is 5.97 Å². The van der Waals surface area contributed by atoms with Gasteiger partial charge in [0, 0.05) is 0 Å². The van der Waals surface area contributed by atoms with Crippen molar-refractivity contribution in [3.8, 4) is 0 Å². The maximum absolute atomic E-state index is 11.1. The zero-order chi connectivity index (χ0) is 7.84. The summed E-state index contributed by atoms with van der Waals surface area (Å²) in [5.74, 6) is 0.911. The van der Waals surface area contributed by atoms with Gasteiger partial charge in [0.2, 0.25) is 0 Å². The number of hydrogen-bond acceptors (Lipinski definition) is 2. The minimum absolute atomic E-state index is 0.0370. The van der Waals surface area contributed by atoms with E-state index in [1.165, 1.54) is 7.11 Å².